The Labute approximate surface area is 392 Å². The molecule has 370 valence electrons. The fourth-order valence-corrected chi connectivity index (χ4v) is 8.26. The van der Waals surface area contributed by atoms with Crippen LogP contribution in [0.3, 0.4) is 0 Å². The van der Waals surface area contributed by atoms with Crippen LogP contribution >= 0.6 is 0 Å². The lowest BCUT2D eigenvalue weighted by Gasteiger charge is -2.18. The number of esters is 3. The predicted molar refractivity (Wildman–Crippen MR) is 270 cm³/mol. The molecule has 0 amide bonds. The molecule has 0 aromatic heterocycles. The first-order valence-corrected chi connectivity index (χ1v) is 27.9. The molecular formula is C57H106O6. The van der Waals surface area contributed by atoms with Crippen molar-refractivity contribution in [3.63, 3.8) is 0 Å². The van der Waals surface area contributed by atoms with Gasteiger partial charge in [-0.25, -0.2) is 0 Å². The summed E-state index contributed by atoms with van der Waals surface area (Å²) in [4.78, 5) is 38.0. The second-order valence-corrected chi connectivity index (χ2v) is 18.9. The summed E-state index contributed by atoms with van der Waals surface area (Å²) in [5, 5.41) is 0. The van der Waals surface area contributed by atoms with E-state index < -0.39 is 6.10 Å². The minimum Gasteiger partial charge on any atom is -0.462 e. The maximum atomic E-state index is 12.8. The molecule has 0 rings (SSSR count). The van der Waals surface area contributed by atoms with Gasteiger partial charge in [-0.15, -0.1) is 0 Å². The van der Waals surface area contributed by atoms with E-state index in [9.17, 15) is 14.4 Å². The predicted octanol–water partition coefficient (Wildman–Crippen LogP) is 18.3. The topological polar surface area (TPSA) is 78.9 Å². The molecule has 0 spiro atoms. The Balaban J connectivity index is 4.33. The van der Waals surface area contributed by atoms with E-state index in [2.05, 4.69) is 45.1 Å². The SMILES string of the molecule is CCCCCCCCC/C=C\C=C/CCCCCCCC(=O)OCC(COC(=O)CCCCCCCCCCCCC)OC(=O)CCCCCCCCCCCCCCCCCC. The Hall–Kier alpha value is -2.11. The van der Waals surface area contributed by atoms with Gasteiger partial charge >= 0.3 is 17.9 Å². The average Bonchev–Trinajstić information content (AvgIpc) is 3.28. The summed E-state index contributed by atoms with van der Waals surface area (Å²) in [6.45, 7) is 6.65. The van der Waals surface area contributed by atoms with E-state index in [1.807, 2.05) is 0 Å². The number of carbonyl (C=O) groups is 3. The van der Waals surface area contributed by atoms with Crippen LogP contribution in [-0.4, -0.2) is 37.2 Å². The van der Waals surface area contributed by atoms with Crippen molar-refractivity contribution >= 4 is 17.9 Å². The average molecular weight is 887 g/mol. The third-order valence-electron chi connectivity index (χ3n) is 12.5. The fraction of sp³-hybridized carbons (Fsp3) is 0.877. The van der Waals surface area contributed by atoms with Crippen LogP contribution in [0.1, 0.15) is 303 Å². The number of allylic oxidation sites excluding steroid dienone is 4. The molecule has 0 aliphatic heterocycles. The van der Waals surface area contributed by atoms with Crippen molar-refractivity contribution in [3.05, 3.63) is 24.3 Å². The molecule has 0 radical (unpaired) electrons. The molecule has 0 bridgehead atoms. The summed E-state index contributed by atoms with van der Waals surface area (Å²) >= 11 is 0. The van der Waals surface area contributed by atoms with Crippen LogP contribution in [0.25, 0.3) is 0 Å². The van der Waals surface area contributed by atoms with Crippen LogP contribution in [0.5, 0.6) is 0 Å². The molecule has 0 aliphatic carbocycles. The minimum absolute atomic E-state index is 0.0712. The molecule has 63 heavy (non-hydrogen) atoms. The molecule has 0 aromatic rings. The molecule has 1 atom stereocenters. The van der Waals surface area contributed by atoms with Gasteiger partial charge < -0.3 is 14.2 Å². The molecule has 0 aliphatic rings. The van der Waals surface area contributed by atoms with Crippen molar-refractivity contribution in [1.82, 2.24) is 0 Å². The van der Waals surface area contributed by atoms with Crippen molar-refractivity contribution in [2.75, 3.05) is 13.2 Å². The monoisotopic (exact) mass is 887 g/mol. The third kappa shape index (κ3) is 50.7. The van der Waals surface area contributed by atoms with E-state index in [1.54, 1.807) is 0 Å². The number of rotatable bonds is 51. The maximum Gasteiger partial charge on any atom is 0.306 e. The van der Waals surface area contributed by atoms with Gasteiger partial charge in [0.2, 0.25) is 0 Å². The number of ether oxygens (including phenoxy) is 3. The summed E-state index contributed by atoms with van der Waals surface area (Å²) in [5.74, 6) is -0.869. The second kappa shape index (κ2) is 52.5. The molecule has 6 nitrogen and oxygen atoms in total. The molecule has 0 heterocycles. The molecule has 0 saturated carbocycles. The largest absolute Gasteiger partial charge is 0.462 e. The molecule has 0 fully saturated rings. The lowest BCUT2D eigenvalue weighted by molar-refractivity contribution is -0.167. The van der Waals surface area contributed by atoms with Crippen LogP contribution in [0.15, 0.2) is 24.3 Å². The highest BCUT2D eigenvalue weighted by molar-refractivity contribution is 5.71. The van der Waals surface area contributed by atoms with E-state index in [-0.39, 0.29) is 31.1 Å². The number of unbranched alkanes of at least 4 members (excludes halogenated alkanes) is 37. The van der Waals surface area contributed by atoms with Gasteiger partial charge in [0.25, 0.3) is 0 Å². The first kappa shape index (κ1) is 60.9. The highest BCUT2D eigenvalue weighted by Gasteiger charge is 2.19. The highest BCUT2D eigenvalue weighted by atomic mass is 16.6. The zero-order valence-corrected chi connectivity index (χ0v) is 42.4. The molecule has 0 saturated heterocycles. The first-order valence-electron chi connectivity index (χ1n) is 27.9. The van der Waals surface area contributed by atoms with Crippen LogP contribution < -0.4 is 0 Å². The summed E-state index contributed by atoms with van der Waals surface area (Å²) in [5.41, 5.74) is 0. The summed E-state index contributed by atoms with van der Waals surface area (Å²) in [6, 6.07) is 0. The molecular weight excluding hydrogens is 781 g/mol. The Morgan fingerprint density at radius 2 is 0.556 bits per heavy atom. The van der Waals surface area contributed by atoms with E-state index in [4.69, 9.17) is 14.2 Å². The molecule has 6 heteroatoms. The van der Waals surface area contributed by atoms with Crippen molar-refractivity contribution in [2.24, 2.45) is 0 Å². The Bertz CT molecular complexity index is 1020. The zero-order valence-electron chi connectivity index (χ0n) is 42.4. The van der Waals surface area contributed by atoms with E-state index in [1.165, 1.54) is 186 Å². The number of hydrogen-bond donors (Lipinski definition) is 0. The van der Waals surface area contributed by atoms with Crippen LogP contribution in [0.2, 0.25) is 0 Å². The lowest BCUT2D eigenvalue weighted by Crippen LogP contribution is -2.30. The van der Waals surface area contributed by atoms with E-state index >= 15 is 0 Å². The van der Waals surface area contributed by atoms with E-state index in [0.29, 0.717) is 19.3 Å². The Kier molecular flexibility index (Phi) is 50.8. The van der Waals surface area contributed by atoms with E-state index in [0.717, 1.165) is 77.0 Å². The van der Waals surface area contributed by atoms with Crippen molar-refractivity contribution in [2.45, 2.75) is 309 Å². The van der Waals surface area contributed by atoms with Gasteiger partial charge in [-0.1, -0.05) is 263 Å². The molecule has 0 aromatic carbocycles. The van der Waals surface area contributed by atoms with Gasteiger partial charge in [0.15, 0.2) is 6.10 Å². The van der Waals surface area contributed by atoms with Gasteiger partial charge in [-0.05, 0) is 44.9 Å². The molecule has 1 unspecified atom stereocenters. The fourth-order valence-electron chi connectivity index (χ4n) is 8.26. The summed E-state index contributed by atoms with van der Waals surface area (Å²) in [7, 11) is 0. The van der Waals surface area contributed by atoms with Crippen LogP contribution in [-0.2, 0) is 28.6 Å². The zero-order chi connectivity index (χ0) is 45.8. The van der Waals surface area contributed by atoms with Gasteiger partial charge in [-0.3, -0.25) is 14.4 Å². The normalized spacial score (nSPS) is 12.1. The third-order valence-corrected chi connectivity index (χ3v) is 12.5. The van der Waals surface area contributed by atoms with Gasteiger partial charge in [0.1, 0.15) is 13.2 Å². The summed E-state index contributed by atoms with van der Waals surface area (Å²) in [6.07, 6.45) is 60.2. The van der Waals surface area contributed by atoms with Gasteiger partial charge in [0, 0.05) is 19.3 Å². The standard InChI is InChI=1S/C57H106O6/c1-4-7-10-13-16-19-22-24-26-28-29-31-32-35-38-41-44-47-50-56(59)62-53-54(52-61-55(58)49-46-43-40-37-34-21-18-15-12-9-6-3)63-57(60)51-48-45-42-39-36-33-30-27-25-23-20-17-14-11-8-5-2/h26,28-29,31,54H,4-25,27,30,32-53H2,1-3H3/b28-26-,31-29-. The number of carbonyl (C=O) groups excluding carboxylic acids is 3. The van der Waals surface area contributed by atoms with Crippen LogP contribution in [0.4, 0.5) is 0 Å². The van der Waals surface area contributed by atoms with Crippen molar-refractivity contribution in [3.8, 4) is 0 Å². The minimum atomic E-state index is -0.771. The second-order valence-electron chi connectivity index (χ2n) is 18.9. The Morgan fingerprint density at radius 3 is 0.841 bits per heavy atom. The summed E-state index contributed by atoms with van der Waals surface area (Å²) < 4.78 is 16.8. The number of hydrogen-bond acceptors (Lipinski definition) is 6. The Morgan fingerprint density at radius 1 is 0.317 bits per heavy atom. The lowest BCUT2D eigenvalue weighted by atomic mass is 10.0. The first-order chi connectivity index (χ1) is 31.0. The smallest absolute Gasteiger partial charge is 0.306 e. The van der Waals surface area contributed by atoms with Crippen molar-refractivity contribution < 1.29 is 28.6 Å². The quantitative estimate of drug-likeness (QED) is 0.0262. The maximum absolute atomic E-state index is 12.8. The highest BCUT2D eigenvalue weighted by Crippen LogP contribution is 2.16. The van der Waals surface area contributed by atoms with Crippen LogP contribution in [0, 0.1) is 0 Å². The van der Waals surface area contributed by atoms with Gasteiger partial charge in [0.05, 0.1) is 0 Å². The van der Waals surface area contributed by atoms with Gasteiger partial charge in [-0.2, -0.15) is 0 Å². The molecule has 0 N–H and O–H groups in total. The van der Waals surface area contributed by atoms with Crippen molar-refractivity contribution in [1.29, 1.82) is 0 Å².